The average molecular weight is 333 g/mol. The molecule has 24 heavy (non-hydrogen) atoms. The van der Waals surface area contributed by atoms with Crippen LogP contribution in [0.4, 0.5) is 11.4 Å². The van der Waals surface area contributed by atoms with Crippen molar-refractivity contribution in [2.75, 3.05) is 23.3 Å². The van der Waals surface area contributed by atoms with Gasteiger partial charge < -0.3 is 20.6 Å². The van der Waals surface area contributed by atoms with Crippen LogP contribution >= 0.6 is 0 Å². The molecule has 1 aliphatic heterocycles. The van der Waals surface area contributed by atoms with Crippen molar-refractivity contribution < 1.29 is 24.3 Å². The lowest BCUT2D eigenvalue weighted by Gasteiger charge is -2.29. The maximum Gasteiger partial charge on any atom is 0.308 e. The van der Waals surface area contributed by atoms with Crippen molar-refractivity contribution in [3.63, 3.8) is 0 Å². The molecule has 0 spiro atoms. The predicted octanol–water partition coefficient (Wildman–Crippen LogP) is 0.589. The molecule has 1 aromatic carbocycles. The topological polar surface area (TPSA) is 116 Å². The van der Waals surface area contributed by atoms with Gasteiger partial charge in [-0.05, 0) is 12.1 Å². The van der Waals surface area contributed by atoms with Gasteiger partial charge in [0.1, 0.15) is 6.54 Å². The van der Waals surface area contributed by atoms with Crippen molar-refractivity contribution >= 4 is 35.1 Å². The number of aliphatic carboxylic acids is 1. The molecule has 3 N–H and O–H groups in total. The fourth-order valence-corrected chi connectivity index (χ4v) is 2.25. The van der Waals surface area contributed by atoms with E-state index in [-0.39, 0.29) is 37.7 Å². The van der Waals surface area contributed by atoms with E-state index in [9.17, 15) is 19.2 Å². The maximum absolute atomic E-state index is 12.3. The Morgan fingerprint density at radius 3 is 2.71 bits per heavy atom. The summed E-state index contributed by atoms with van der Waals surface area (Å²) in [5.74, 6) is -2.71. The molecule has 0 aliphatic carbocycles. The minimum absolute atomic E-state index is 0.0112. The van der Waals surface area contributed by atoms with E-state index < -0.39 is 17.8 Å². The van der Waals surface area contributed by atoms with Gasteiger partial charge in [0, 0.05) is 19.4 Å². The van der Waals surface area contributed by atoms with Crippen LogP contribution in [0.1, 0.15) is 19.8 Å². The number of nitrogens with zero attached hydrogens (tertiary/aromatic N) is 1. The Morgan fingerprint density at radius 1 is 1.29 bits per heavy atom. The van der Waals surface area contributed by atoms with Gasteiger partial charge >= 0.3 is 5.97 Å². The lowest BCUT2D eigenvalue weighted by molar-refractivity contribution is -0.141. The molecule has 2 rings (SSSR count). The third-order valence-corrected chi connectivity index (χ3v) is 3.66. The zero-order chi connectivity index (χ0) is 17.7. The van der Waals surface area contributed by atoms with Crippen LogP contribution in [0.3, 0.4) is 0 Å². The summed E-state index contributed by atoms with van der Waals surface area (Å²) in [5, 5.41) is 13.9. The summed E-state index contributed by atoms with van der Waals surface area (Å²) in [7, 11) is 0. The van der Waals surface area contributed by atoms with E-state index in [4.69, 9.17) is 5.11 Å². The number of hydrogen-bond donors (Lipinski definition) is 3. The number of carboxylic acids is 1. The number of para-hydroxylation sites is 2. The molecule has 8 heteroatoms. The van der Waals surface area contributed by atoms with E-state index in [2.05, 4.69) is 10.6 Å². The molecule has 1 unspecified atom stereocenters. The largest absolute Gasteiger partial charge is 0.481 e. The van der Waals surface area contributed by atoms with Crippen molar-refractivity contribution in [2.45, 2.75) is 19.8 Å². The number of nitrogens with one attached hydrogen (secondary N) is 2. The molecule has 3 amide bonds. The van der Waals surface area contributed by atoms with Crippen molar-refractivity contribution in [1.29, 1.82) is 0 Å². The second-order valence-corrected chi connectivity index (χ2v) is 5.59. The van der Waals surface area contributed by atoms with Crippen LogP contribution in [0.2, 0.25) is 0 Å². The molecule has 0 radical (unpaired) electrons. The van der Waals surface area contributed by atoms with Crippen LogP contribution in [0.25, 0.3) is 0 Å². The van der Waals surface area contributed by atoms with E-state index >= 15 is 0 Å². The van der Waals surface area contributed by atoms with Gasteiger partial charge in [-0.2, -0.15) is 0 Å². The van der Waals surface area contributed by atoms with Gasteiger partial charge in [-0.15, -0.1) is 0 Å². The Hall–Kier alpha value is -2.90. The number of hydrogen-bond acceptors (Lipinski definition) is 4. The first-order chi connectivity index (χ1) is 11.4. The number of amides is 3. The summed E-state index contributed by atoms with van der Waals surface area (Å²) < 4.78 is 0. The minimum atomic E-state index is -0.998. The molecule has 0 bridgehead atoms. The summed E-state index contributed by atoms with van der Waals surface area (Å²) >= 11 is 0. The predicted molar refractivity (Wildman–Crippen MR) is 86.5 cm³/mol. The molecule has 1 aliphatic rings. The molecule has 0 fully saturated rings. The Balaban J connectivity index is 1.90. The Kier molecular flexibility index (Phi) is 5.51. The van der Waals surface area contributed by atoms with Gasteiger partial charge in [0.2, 0.25) is 17.7 Å². The highest BCUT2D eigenvalue weighted by atomic mass is 16.4. The number of anilines is 2. The Morgan fingerprint density at radius 2 is 2.00 bits per heavy atom. The van der Waals surface area contributed by atoms with Crippen molar-refractivity contribution in [3.05, 3.63) is 24.3 Å². The molecule has 8 nitrogen and oxygen atoms in total. The third-order valence-electron chi connectivity index (χ3n) is 3.66. The molecule has 128 valence electrons. The maximum atomic E-state index is 12.3. The number of carbonyl (C=O) groups excluding carboxylic acids is 3. The first kappa shape index (κ1) is 17.5. The monoisotopic (exact) mass is 333 g/mol. The quantitative estimate of drug-likeness (QED) is 0.704. The second kappa shape index (κ2) is 7.58. The van der Waals surface area contributed by atoms with Crippen molar-refractivity contribution in [1.82, 2.24) is 5.32 Å². The van der Waals surface area contributed by atoms with E-state index in [1.807, 2.05) is 0 Å². The summed E-state index contributed by atoms with van der Waals surface area (Å²) in [6, 6.07) is 6.94. The number of carboxylic acid groups (broad SMARTS) is 1. The second-order valence-electron chi connectivity index (χ2n) is 5.59. The van der Waals surface area contributed by atoms with Gasteiger partial charge in [0.05, 0.1) is 17.3 Å². The lowest BCUT2D eigenvalue weighted by Crippen LogP contribution is -2.42. The third kappa shape index (κ3) is 4.31. The van der Waals surface area contributed by atoms with E-state index in [1.54, 1.807) is 24.3 Å². The molecular formula is C16H19N3O5. The van der Waals surface area contributed by atoms with Crippen molar-refractivity contribution in [3.8, 4) is 0 Å². The zero-order valence-corrected chi connectivity index (χ0v) is 13.2. The number of rotatable bonds is 6. The number of carbonyl (C=O) groups is 4. The first-order valence-corrected chi connectivity index (χ1v) is 7.57. The van der Waals surface area contributed by atoms with E-state index in [1.165, 1.54) is 11.8 Å². The summed E-state index contributed by atoms with van der Waals surface area (Å²) in [6.45, 7) is 1.40. The molecule has 1 aromatic rings. The Bertz CT molecular complexity index is 673. The van der Waals surface area contributed by atoms with Gasteiger partial charge in [-0.1, -0.05) is 19.1 Å². The molecule has 0 saturated carbocycles. The first-order valence-electron chi connectivity index (χ1n) is 7.57. The van der Waals surface area contributed by atoms with Crippen LogP contribution in [-0.4, -0.2) is 41.9 Å². The molecule has 0 saturated heterocycles. The summed E-state index contributed by atoms with van der Waals surface area (Å²) in [4.78, 5) is 47.8. The highest BCUT2D eigenvalue weighted by Gasteiger charge is 2.26. The normalized spacial score (nSPS) is 14.4. The van der Waals surface area contributed by atoms with Gasteiger partial charge in [-0.25, -0.2) is 0 Å². The fraction of sp³-hybridized carbons (Fsp3) is 0.375. The highest BCUT2D eigenvalue weighted by Crippen LogP contribution is 2.29. The van der Waals surface area contributed by atoms with Crippen LogP contribution in [0.15, 0.2) is 24.3 Å². The number of fused-ring (bicyclic) bond motifs is 1. The number of benzene rings is 1. The van der Waals surface area contributed by atoms with Crippen LogP contribution in [-0.2, 0) is 19.2 Å². The van der Waals surface area contributed by atoms with Gasteiger partial charge in [0.25, 0.3) is 0 Å². The van der Waals surface area contributed by atoms with E-state index in [0.717, 1.165) is 0 Å². The highest BCUT2D eigenvalue weighted by molar-refractivity contribution is 6.10. The summed E-state index contributed by atoms with van der Waals surface area (Å²) in [6.07, 6.45) is -0.125. The molecule has 0 aromatic heterocycles. The standard InChI is InChI=1S/C16H19N3O5/c1-10(16(23)24)8-17-13(20)6-7-15(22)19-9-14(21)18-11-4-2-3-5-12(11)19/h2-5,10H,6-9H2,1H3,(H,17,20)(H,18,21)(H,23,24). The summed E-state index contributed by atoms with van der Waals surface area (Å²) in [5.41, 5.74) is 1.16. The average Bonchev–Trinajstić information content (AvgIpc) is 2.56. The van der Waals surface area contributed by atoms with Crippen molar-refractivity contribution in [2.24, 2.45) is 5.92 Å². The Labute approximate surface area is 138 Å². The SMILES string of the molecule is CC(CNC(=O)CCC(=O)N1CC(=O)Nc2ccccc21)C(=O)O. The lowest BCUT2D eigenvalue weighted by atomic mass is 10.1. The molecule has 1 atom stereocenters. The van der Waals surface area contributed by atoms with E-state index in [0.29, 0.717) is 11.4 Å². The van der Waals surface area contributed by atoms with Gasteiger partial charge in [0.15, 0.2) is 0 Å². The minimum Gasteiger partial charge on any atom is -0.481 e. The smallest absolute Gasteiger partial charge is 0.308 e. The molecular weight excluding hydrogens is 314 g/mol. The van der Waals surface area contributed by atoms with Crippen LogP contribution < -0.4 is 15.5 Å². The zero-order valence-electron chi connectivity index (χ0n) is 13.2. The van der Waals surface area contributed by atoms with Crippen LogP contribution in [0, 0.1) is 5.92 Å². The van der Waals surface area contributed by atoms with Gasteiger partial charge in [-0.3, -0.25) is 19.2 Å². The fourth-order valence-electron chi connectivity index (χ4n) is 2.25. The molecule has 1 heterocycles. The van der Waals surface area contributed by atoms with Crippen LogP contribution in [0.5, 0.6) is 0 Å².